The van der Waals surface area contributed by atoms with Crippen LogP contribution in [0.2, 0.25) is 0 Å². The number of aryl methyl sites for hydroxylation is 1. The fourth-order valence-corrected chi connectivity index (χ4v) is 5.33. The first-order valence-corrected chi connectivity index (χ1v) is 15.4. The van der Waals surface area contributed by atoms with Gasteiger partial charge in [0.1, 0.15) is 5.75 Å². The smallest absolute Gasteiger partial charge is 0.397 e. The molecule has 1 aromatic rings. The quantitative estimate of drug-likeness (QED) is 0.118. The Hall–Kier alpha value is -0.630. The first kappa shape index (κ1) is 31.4. The largest absolute Gasteiger partial charge is 0.426 e. The van der Waals surface area contributed by atoms with Crippen molar-refractivity contribution in [3.8, 4) is 5.75 Å². The average molecular weight is 495 g/mol. The van der Waals surface area contributed by atoms with Gasteiger partial charge < -0.3 is 13.6 Å². The monoisotopic (exact) mass is 494 g/mol. The van der Waals surface area contributed by atoms with Gasteiger partial charge in [-0.15, -0.1) is 0 Å². The Kier molecular flexibility index (Phi) is 19.0. The van der Waals surface area contributed by atoms with Gasteiger partial charge in [0.15, 0.2) is 0 Å². The van der Waals surface area contributed by atoms with Crippen molar-refractivity contribution in [2.24, 2.45) is 17.8 Å². The summed E-state index contributed by atoms with van der Waals surface area (Å²) in [4.78, 5) is 0. The van der Waals surface area contributed by atoms with Gasteiger partial charge in [0, 0.05) is 0 Å². The topological polar surface area (TPSA) is 27.7 Å². The number of unbranched alkanes of at least 4 members (excludes halogenated alkanes) is 4. The molecule has 4 heteroatoms. The fourth-order valence-electron chi connectivity index (χ4n) is 4.14. The highest BCUT2D eigenvalue weighted by Gasteiger charge is 2.21. The summed E-state index contributed by atoms with van der Waals surface area (Å²) in [6, 6.07) is 8.49. The zero-order chi connectivity index (χ0) is 25.0. The summed E-state index contributed by atoms with van der Waals surface area (Å²) in [5, 5.41) is 0. The maximum absolute atomic E-state index is 6.46. The van der Waals surface area contributed by atoms with E-state index < -0.39 is 8.60 Å². The minimum absolute atomic E-state index is 0.579. The summed E-state index contributed by atoms with van der Waals surface area (Å²) in [5.41, 5.74) is 1.28. The van der Waals surface area contributed by atoms with Crippen LogP contribution in [0.4, 0.5) is 0 Å². The molecule has 0 aliphatic carbocycles. The lowest BCUT2D eigenvalue weighted by atomic mass is 10.0. The first-order chi connectivity index (χ1) is 16.5. The van der Waals surface area contributed by atoms with Crippen LogP contribution < -0.4 is 4.52 Å². The van der Waals surface area contributed by atoms with Gasteiger partial charge in [0.2, 0.25) is 0 Å². The van der Waals surface area contributed by atoms with Crippen LogP contribution in [0.3, 0.4) is 0 Å². The normalized spacial score (nSPS) is 14.3. The Balaban J connectivity index is 2.76. The highest BCUT2D eigenvalue weighted by molar-refractivity contribution is 7.42. The van der Waals surface area contributed by atoms with Crippen molar-refractivity contribution in [2.45, 2.75) is 125 Å². The molecule has 0 saturated carbocycles. The molecule has 198 valence electrons. The van der Waals surface area contributed by atoms with Crippen LogP contribution in [0.15, 0.2) is 24.3 Å². The average Bonchev–Trinajstić information content (AvgIpc) is 2.84. The molecule has 1 rings (SSSR count). The van der Waals surface area contributed by atoms with Gasteiger partial charge in [-0.25, -0.2) is 0 Å². The summed E-state index contributed by atoms with van der Waals surface area (Å²) in [6.07, 6.45) is 15.9. The van der Waals surface area contributed by atoms with Crippen LogP contribution in [-0.2, 0) is 15.5 Å². The van der Waals surface area contributed by atoms with E-state index in [2.05, 4.69) is 65.8 Å². The second-order valence-electron chi connectivity index (χ2n) is 10.3. The number of benzene rings is 1. The number of hydrogen-bond donors (Lipinski definition) is 0. The van der Waals surface area contributed by atoms with Crippen molar-refractivity contribution >= 4 is 8.60 Å². The zero-order valence-corrected chi connectivity index (χ0v) is 24.2. The van der Waals surface area contributed by atoms with Gasteiger partial charge in [-0.05, 0) is 55.1 Å². The van der Waals surface area contributed by atoms with E-state index in [4.69, 9.17) is 13.6 Å². The third-order valence-corrected chi connectivity index (χ3v) is 7.86. The minimum atomic E-state index is -1.39. The molecule has 3 nitrogen and oxygen atoms in total. The highest BCUT2D eigenvalue weighted by atomic mass is 31.2. The van der Waals surface area contributed by atoms with Crippen LogP contribution in [0.5, 0.6) is 5.75 Å². The van der Waals surface area contributed by atoms with Gasteiger partial charge in [-0.1, -0.05) is 118 Å². The summed E-state index contributed by atoms with van der Waals surface area (Å²) in [6.45, 7) is 15.1. The molecular weight excluding hydrogens is 439 g/mol. The second-order valence-corrected chi connectivity index (χ2v) is 11.5. The summed E-state index contributed by atoms with van der Waals surface area (Å²) in [7, 11) is -1.39. The lowest BCUT2D eigenvalue weighted by Gasteiger charge is -2.23. The lowest BCUT2D eigenvalue weighted by molar-refractivity contribution is 0.152. The summed E-state index contributed by atoms with van der Waals surface area (Å²) in [5.74, 6) is 2.90. The number of para-hydroxylation sites is 1. The molecule has 0 amide bonds. The predicted molar refractivity (Wildman–Crippen MR) is 150 cm³/mol. The van der Waals surface area contributed by atoms with Gasteiger partial charge in [0.25, 0.3) is 0 Å². The molecule has 0 saturated heterocycles. The van der Waals surface area contributed by atoms with Gasteiger partial charge in [-0.3, -0.25) is 0 Å². The SMILES string of the molecule is CCCCC(CC)COP(OCC(CC)CCCC)Oc1ccccc1CCCCCC(C)C. The zero-order valence-electron chi connectivity index (χ0n) is 23.3. The molecule has 0 aliphatic rings. The molecule has 0 aromatic heterocycles. The Labute approximate surface area is 213 Å². The van der Waals surface area contributed by atoms with E-state index in [1.54, 1.807) is 0 Å². The third-order valence-electron chi connectivity index (χ3n) is 6.79. The van der Waals surface area contributed by atoms with E-state index in [1.807, 2.05) is 0 Å². The second kappa shape index (κ2) is 20.6. The lowest BCUT2D eigenvalue weighted by Crippen LogP contribution is -2.12. The highest BCUT2D eigenvalue weighted by Crippen LogP contribution is 2.43. The van der Waals surface area contributed by atoms with Gasteiger partial charge >= 0.3 is 8.60 Å². The fraction of sp³-hybridized carbons (Fsp3) is 0.800. The van der Waals surface area contributed by atoms with Gasteiger partial charge in [0.05, 0.1) is 13.2 Å². The number of hydrogen-bond acceptors (Lipinski definition) is 3. The molecule has 0 radical (unpaired) electrons. The Morgan fingerprint density at radius 1 is 0.706 bits per heavy atom. The van der Waals surface area contributed by atoms with Crippen molar-refractivity contribution in [2.75, 3.05) is 13.2 Å². The molecular formula is C30H55O3P. The van der Waals surface area contributed by atoms with Crippen molar-refractivity contribution in [1.82, 2.24) is 0 Å². The predicted octanol–water partition coefficient (Wildman–Crippen LogP) is 10.5. The van der Waals surface area contributed by atoms with Crippen molar-refractivity contribution in [3.63, 3.8) is 0 Å². The van der Waals surface area contributed by atoms with Crippen LogP contribution in [0, 0.1) is 17.8 Å². The van der Waals surface area contributed by atoms with E-state index in [-0.39, 0.29) is 0 Å². The van der Waals surface area contributed by atoms with Crippen molar-refractivity contribution in [3.05, 3.63) is 29.8 Å². The van der Waals surface area contributed by atoms with Crippen molar-refractivity contribution < 1.29 is 13.6 Å². The van der Waals surface area contributed by atoms with Gasteiger partial charge in [-0.2, -0.15) is 0 Å². The van der Waals surface area contributed by atoms with E-state index in [1.165, 1.54) is 69.8 Å². The summed E-state index contributed by atoms with van der Waals surface area (Å²) >= 11 is 0. The molecule has 2 unspecified atom stereocenters. The molecule has 2 atom stereocenters. The Morgan fingerprint density at radius 2 is 1.29 bits per heavy atom. The van der Waals surface area contributed by atoms with Crippen LogP contribution in [0.1, 0.15) is 124 Å². The molecule has 0 spiro atoms. The molecule has 0 fully saturated rings. The third kappa shape index (κ3) is 14.7. The maximum Gasteiger partial charge on any atom is 0.397 e. The van der Waals surface area contributed by atoms with Crippen LogP contribution >= 0.6 is 8.60 Å². The molecule has 0 aliphatic heterocycles. The van der Waals surface area contributed by atoms with E-state index >= 15 is 0 Å². The van der Waals surface area contributed by atoms with E-state index in [0.717, 1.165) is 44.1 Å². The van der Waals surface area contributed by atoms with Crippen molar-refractivity contribution in [1.29, 1.82) is 0 Å². The molecule has 34 heavy (non-hydrogen) atoms. The summed E-state index contributed by atoms with van der Waals surface area (Å²) < 4.78 is 19.1. The molecule has 0 heterocycles. The minimum Gasteiger partial charge on any atom is -0.426 e. The van der Waals surface area contributed by atoms with E-state index in [0.29, 0.717) is 11.8 Å². The number of rotatable bonds is 22. The van der Waals surface area contributed by atoms with E-state index in [9.17, 15) is 0 Å². The van der Waals surface area contributed by atoms with Crippen LogP contribution in [0.25, 0.3) is 0 Å². The maximum atomic E-state index is 6.46. The molecule has 1 aromatic carbocycles. The van der Waals surface area contributed by atoms with Crippen LogP contribution in [-0.4, -0.2) is 13.2 Å². The Bertz CT molecular complexity index is 572. The molecule has 0 N–H and O–H groups in total. The first-order valence-electron chi connectivity index (χ1n) is 14.4. The standard InChI is InChI=1S/C30H55O3P/c1-7-11-19-27(9-3)24-31-34(32-25-28(10-4)20-12-8-2)33-30-23-17-16-22-29(30)21-15-13-14-18-26(5)6/h16-17,22-23,26-28H,7-15,18-21,24-25H2,1-6H3. The Morgan fingerprint density at radius 3 is 1.82 bits per heavy atom. The molecule has 0 bridgehead atoms.